The molecule has 30 heavy (non-hydrogen) atoms. The zero-order valence-electron chi connectivity index (χ0n) is 16.1. The third kappa shape index (κ3) is 4.00. The van der Waals surface area contributed by atoms with E-state index in [9.17, 15) is 9.59 Å². The first-order valence-corrected chi connectivity index (χ1v) is 9.20. The van der Waals surface area contributed by atoms with Crippen molar-refractivity contribution < 1.29 is 23.5 Å². The molecule has 0 atom stereocenters. The molecule has 0 fully saturated rings. The van der Waals surface area contributed by atoms with Crippen LogP contribution in [0.5, 0.6) is 5.75 Å². The molecule has 4 rings (SSSR count). The summed E-state index contributed by atoms with van der Waals surface area (Å²) in [6.07, 6.45) is 0. The summed E-state index contributed by atoms with van der Waals surface area (Å²) in [5.41, 5.74) is 2.55. The summed E-state index contributed by atoms with van der Waals surface area (Å²) in [5.74, 6) is -0.309. The molecular weight excluding hydrogens is 384 g/mol. The number of oxazole rings is 1. The van der Waals surface area contributed by atoms with E-state index in [-0.39, 0.29) is 5.56 Å². The number of ether oxygens (including phenoxy) is 2. The molecule has 7 heteroatoms. The minimum atomic E-state index is -0.650. The lowest BCUT2D eigenvalue weighted by molar-refractivity contribution is -0.119. The van der Waals surface area contributed by atoms with Crippen molar-refractivity contribution in [2.45, 2.75) is 0 Å². The maximum atomic E-state index is 12.6. The van der Waals surface area contributed by atoms with Gasteiger partial charge in [-0.1, -0.05) is 36.4 Å². The zero-order chi connectivity index (χ0) is 20.9. The highest BCUT2D eigenvalue weighted by molar-refractivity contribution is 5.99. The molecule has 1 heterocycles. The van der Waals surface area contributed by atoms with Gasteiger partial charge in [0.1, 0.15) is 11.3 Å². The summed E-state index contributed by atoms with van der Waals surface area (Å²) in [6.45, 7) is -0.446. The van der Waals surface area contributed by atoms with E-state index in [1.165, 1.54) is 7.11 Å². The van der Waals surface area contributed by atoms with Crippen molar-refractivity contribution in [2.75, 3.05) is 19.0 Å². The number of amides is 1. The SMILES string of the molecule is COc1ccccc1NC(=O)COC(=O)c1ccccc1-c1nc2ccccc2o1. The third-order valence-corrected chi connectivity index (χ3v) is 4.39. The fourth-order valence-corrected chi connectivity index (χ4v) is 2.98. The molecule has 1 N–H and O–H groups in total. The quantitative estimate of drug-likeness (QED) is 0.484. The second kappa shape index (κ2) is 8.48. The molecule has 0 aliphatic heterocycles. The molecule has 1 amide bonds. The van der Waals surface area contributed by atoms with Crippen molar-refractivity contribution in [3.8, 4) is 17.2 Å². The van der Waals surface area contributed by atoms with E-state index in [0.717, 1.165) is 0 Å². The summed E-state index contributed by atoms with van der Waals surface area (Å²) in [6, 6.07) is 21.1. The molecule has 0 radical (unpaired) electrons. The van der Waals surface area contributed by atoms with Gasteiger partial charge in [-0.3, -0.25) is 4.79 Å². The van der Waals surface area contributed by atoms with Crippen LogP contribution in [0.25, 0.3) is 22.6 Å². The summed E-state index contributed by atoms with van der Waals surface area (Å²) in [5, 5.41) is 2.66. The number of esters is 1. The Morgan fingerprint density at radius 2 is 1.70 bits per heavy atom. The highest BCUT2D eigenvalue weighted by Gasteiger charge is 2.19. The smallest absolute Gasteiger partial charge is 0.339 e. The van der Waals surface area contributed by atoms with E-state index >= 15 is 0 Å². The normalized spacial score (nSPS) is 10.6. The van der Waals surface area contributed by atoms with Gasteiger partial charge in [-0.15, -0.1) is 0 Å². The average Bonchev–Trinajstić information content (AvgIpc) is 3.22. The van der Waals surface area contributed by atoms with Gasteiger partial charge in [0, 0.05) is 0 Å². The number of rotatable bonds is 6. The van der Waals surface area contributed by atoms with Gasteiger partial charge in [0.15, 0.2) is 12.2 Å². The van der Waals surface area contributed by atoms with E-state index < -0.39 is 18.5 Å². The lowest BCUT2D eigenvalue weighted by Crippen LogP contribution is -2.21. The molecule has 4 aromatic rings. The van der Waals surface area contributed by atoms with Crippen LogP contribution in [0.4, 0.5) is 5.69 Å². The number of hydrogen-bond acceptors (Lipinski definition) is 6. The first-order valence-electron chi connectivity index (χ1n) is 9.20. The lowest BCUT2D eigenvalue weighted by atomic mass is 10.1. The number of nitrogens with zero attached hydrogens (tertiary/aromatic N) is 1. The summed E-state index contributed by atoms with van der Waals surface area (Å²) < 4.78 is 16.2. The standard InChI is InChI=1S/C23H18N2O5/c1-28-19-12-6-4-10-17(19)24-21(26)14-29-23(27)16-9-3-2-8-15(16)22-25-18-11-5-7-13-20(18)30-22/h2-13H,14H2,1H3,(H,24,26). The molecule has 0 aliphatic carbocycles. The van der Waals surface area contributed by atoms with E-state index in [1.807, 2.05) is 18.2 Å². The lowest BCUT2D eigenvalue weighted by Gasteiger charge is -2.10. The van der Waals surface area contributed by atoms with Crippen LogP contribution in [-0.4, -0.2) is 30.6 Å². The van der Waals surface area contributed by atoms with Crippen molar-refractivity contribution >= 4 is 28.7 Å². The van der Waals surface area contributed by atoms with Crippen LogP contribution in [-0.2, 0) is 9.53 Å². The van der Waals surface area contributed by atoms with Crippen LogP contribution >= 0.6 is 0 Å². The van der Waals surface area contributed by atoms with Crippen LogP contribution < -0.4 is 10.1 Å². The Balaban J connectivity index is 1.48. The van der Waals surface area contributed by atoms with Crippen LogP contribution in [0.3, 0.4) is 0 Å². The van der Waals surface area contributed by atoms with Gasteiger partial charge in [0.2, 0.25) is 5.89 Å². The van der Waals surface area contributed by atoms with Crippen LogP contribution in [0.1, 0.15) is 10.4 Å². The fraction of sp³-hybridized carbons (Fsp3) is 0.0870. The highest BCUT2D eigenvalue weighted by atomic mass is 16.5. The second-order valence-electron chi connectivity index (χ2n) is 6.36. The number of fused-ring (bicyclic) bond motifs is 1. The van der Waals surface area contributed by atoms with Crippen LogP contribution in [0.2, 0.25) is 0 Å². The molecular formula is C23H18N2O5. The maximum Gasteiger partial charge on any atom is 0.339 e. The van der Waals surface area contributed by atoms with Crippen LogP contribution in [0, 0.1) is 0 Å². The molecule has 7 nitrogen and oxygen atoms in total. The highest BCUT2D eigenvalue weighted by Crippen LogP contribution is 2.27. The van der Waals surface area contributed by atoms with Gasteiger partial charge in [-0.05, 0) is 36.4 Å². The number of para-hydroxylation sites is 4. The van der Waals surface area contributed by atoms with Crippen molar-refractivity contribution in [3.63, 3.8) is 0 Å². The Labute approximate surface area is 172 Å². The number of nitrogens with one attached hydrogen (secondary N) is 1. The Bertz CT molecular complexity index is 1180. The van der Waals surface area contributed by atoms with Gasteiger partial charge < -0.3 is 19.2 Å². The first kappa shape index (κ1) is 19.2. The minimum Gasteiger partial charge on any atom is -0.495 e. The third-order valence-electron chi connectivity index (χ3n) is 4.39. The first-order chi connectivity index (χ1) is 14.7. The number of benzene rings is 3. The summed E-state index contributed by atoms with van der Waals surface area (Å²) in [4.78, 5) is 29.3. The van der Waals surface area contributed by atoms with Crippen molar-refractivity contribution in [1.29, 1.82) is 0 Å². The zero-order valence-corrected chi connectivity index (χ0v) is 16.1. The Hall–Kier alpha value is -4.13. The predicted octanol–water partition coefficient (Wildman–Crippen LogP) is 4.30. The van der Waals surface area contributed by atoms with E-state index in [2.05, 4.69) is 10.3 Å². The molecule has 0 aliphatic rings. The molecule has 0 spiro atoms. The summed E-state index contributed by atoms with van der Waals surface area (Å²) in [7, 11) is 1.51. The fourth-order valence-electron chi connectivity index (χ4n) is 2.98. The monoisotopic (exact) mass is 402 g/mol. The van der Waals surface area contributed by atoms with E-state index in [1.54, 1.807) is 54.6 Å². The maximum absolute atomic E-state index is 12.6. The number of anilines is 1. The number of methoxy groups -OCH3 is 1. The second-order valence-corrected chi connectivity index (χ2v) is 6.36. The Kier molecular flexibility index (Phi) is 5.43. The molecule has 3 aromatic carbocycles. The molecule has 1 aromatic heterocycles. The summed E-state index contributed by atoms with van der Waals surface area (Å²) >= 11 is 0. The number of carbonyl (C=O) groups excluding carboxylic acids is 2. The molecule has 0 saturated heterocycles. The predicted molar refractivity (Wildman–Crippen MR) is 111 cm³/mol. The van der Waals surface area contributed by atoms with Gasteiger partial charge in [-0.25, -0.2) is 9.78 Å². The Morgan fingerprint density at radius 3 is 2.53 bits per heavy atom. The van der Waals surface area contributed by atoms with Crippen molar-refractivity contribution in [1.82, 2.24) is 4.98 Å². The minimum absolute atomic E-state index is 0.258. The number of aromatic nitrogens is 1. The number of hydrogen-bond donors (Lipinski definition) is 1. The van der Waals surface area contributed by atoms with Gasteiger partial charge in [0.05, 0.1) is 23.9 Å². The number of carbonyl (C=O) groups is 2. The topological polar surface area (TPSA) is 90.7 Å². The molecule has 0 bridgehead atoms. The Morgan fingerprint density at radius 1 is 0.967 bits per heavy atom. The van der Waals surface area contributed by atoms with Gasteiger partial charge in [0.25, 0.3) is 5.91 Å². The van der Waals surface area contributed by atoms with Crippen LogP contribution in [0.15, 0.2) is 77.2 Å². The molecule has 150 valence electrons. The van der Waals surface area contributed by atoms with Crippen molar-refractivity contribution in [3.05, 3.63) is 78.4 Å². The molecule has 0 unspecified atom stereocenters. The van der Waals surface area contributed by atoms with Gasteiger partial charge in [-0.2, -0.15) is 0 Å². The largest absolute Gasteiger partial charge is 0.495 e. The average molecular weight is 402 g/mol. The van der Waals surface area contributed by atoms with Crippen molar-refractivity contribution in [2.24, 2.45) is 0 Å². The van der Waals surface area contributed by atoms with E-state index in [0.29, 0.717) is 34.0 Å². The molecule has 0 saturated carbocycles. The van der Waals surface area contributed by atoms with E-state index in [4.69, 9.17) is 13.9 Å². The van der Waals surface area contributed by atoms with Gasteiger partial charge >= 0.3 is 5.97 Å².